The number of halogens is 1. The van der Waals surface area contributed by atoms with Crippen LogP contribution in [0, 0.1) is 0 Å². The largest absolute Gasteiger partial charge is 0.310 e. The second kappa shape index (κ2) is 6.55. The molecule has 0 amide bonds. The van der Waals surface area contributed by atoms with E-state index in [4.69, 9.17) is 11.6 Å². The van der Waals surface area contributed by atoms with Gasteiger partial charge in [-0.2, -0.15) is 5.10 Å². The average molecular weight is 298 g/mol. The molecule has 0 aliphatic heterocycles. The molecule has 2 aromatic rings. The van der Waals surface area contributed by atoms with Crippen LogP contribution >= 0.6 is 22.9 Å². The first-order valence-electron chi connectivity index (χ1n) is 6.64. The van der Waals surface area contributed by atoms with Gasteiger partial charge in [0.25, 0.3) is 0 Å². The van der Waals surface area contributed by atoms with E-state index in [1.54, 1.807) is 11.3 Å². The predicted molar refractivity (Wildman–Crippen MR) is 82.0 cm³/mol. The number of hydrogen-bond donors (Lipinski definition) is 1. The summed E-state index contributed by atoms with van der Waals surface area (Å²) in [7, 11) is 1.98. The first-order valence-corrected chi connectivity index (χ1v) is 7.83. The molecular formula is C14H20ClN3S. The van der Waals surface area contributed by atoms with E-state index in [-0.39, 0.29) is 0 Å². The third-order valence-electron chi connectivity index (χ3n) is 3.13. The number of thiophene rings is 1. The second-order valence-electron chi connectivity index (χ2n) is 4.58. The number of likely N-dealkylation sites (N-methyl/N-ethyl adjacent to an activating group) is 1. The van der Waals surface area contributed by atoms with E-state index in [1.807, 2.05) is 17.8 Å². The van der Waals surface area contributed by atoms with Gasteiger partial charge in [0.1, 0.15) is 0 Å². The number of nitrogens with zero attached hydrogens (tertiary/aromatic N) is 2. The van der Waals surface area contributed by atoms with Crippen LogP contribution in [0.3, 0.4) is 0 Å². The summed E-state index contributed by atoms with van der Waals surface area (Å²) in [5.41, 5.74) is 2.48. The number of aryl methyl sites for hydroxylation is 2. The topological polar surface area (TPSA) is 29.9 Å². The van der Waals surface area contributed by atoms with Crippen molar-refractivity contribution in [1.82, 2.24) is 15.1 Å². The number of hydrogen-bond acceptors (Lipinski definition) is 3. The van der Waals surface area contributed by atoms with Gasteiger partial charge in [0.15, 0.2) is 0 Å². The lowest BCUT2D eigenvalue weighted by Crippen LogP contribution is -2.23. The van der Waals surface area contributed by atoms with Crippen LogP contribution in [0.2, 0.25) is 4.34 Å². The quantitative estimate of drug-likeness (QED) is 0.883. The second-order valence-corrected chi connectivity index (χ2v) is 6.38. The first-order chi connectivity index (χ1) is 9.13. The van der Waals surface area contributed by atoms with Gasteiger partial charge in [-0.05, 0) is 25.1 Å². The van der Waals surface area contributed by atoms with Gasteiger partial charge in [-0.15, -0.1) is 11.3 Å². The molecule has 0 aliphatic rings. The Hall–Kier alpha value is -0.840. The van der Waals surface area contributed by atoms with Crippen molar-refractivity contribution in [1.29, 1.82) is 0 Å². The predicted octanol–water partition coefficient (Wildman–Crippen LogP) is 3.59. The van der Waals surface area contributed by atoms with E-state index in [1.165, 1.54) is 16.1 Å². The summed E-state index contributed by atoms with van der Waals surface area (Å²) in [4.78, 5) is 1.31. The lowest BCUT2D eigenvalue weighted by atomic mass is 10.0. The van der Waals surface area contributed by atoms with Crippen molar-refractivity contribution >= 4 is 22.9 Å². The minimum absolute atomic E-state index is 0.309. The van der Waals surface area contributed by atoms with Crippen LogP contribution in [0.15, 0.2) is 18.3 Å². The van der Waals surface area contributed by atoms with E-state index < -0.39 is 0 Å². The molecule has 104 valence electrons. The summed E-state index contributed by atoms with van der Waals surface area (Å²) in [5.74, 6) is 0. The molecule has 2 rings (SSSR count). The molecule has 3 nitrogen and oxygen atoms in total. The zero-order valence-corrected chi connectivity index (χ0v) is 13.2. The number of aromatic nitrogens is 2. The Labute approximate surface area is 123 Å². The standard InChI is InChI=1S/C14H20ClN3S/c1-4-12-11(9-18(3)17-12)13(16-5-2)8-10-6-7-14(15)19-10/h6-7,9,13,16H,4-5,8H2,1-3H3. The molecule has 0 spiro atoms. The van der Waals surface area contributed by atoms with Crippen LogP contribution in [0.4, 0.5) is 0 Å². The molecule has 1 N–H and O–H groups in total. The van der Waals surface area contributed by atoms with Crippen molar-refractivity contribution in [2.24, 2.45) is 7.05 Å². The molecule has 1 atom stereocenters. The van der Waals surface area contributed by atoms with Gasteiger partial charge in [0.05, 0.1) is 10.0 Å². The van der Waals surface area contributed by atoms with E-state index in [9.17, 15) is 0 Å². The van der Waals surface area contributed by atoms with Crippen LogP contribution < -0.4 is 5.32 Å². The molecular weight excluding hydrogens is 278 g/mol. The Kier molecular flexibility index (Phi) is 5.02. The first kappa shape index (κ1) is 14.6. The minimum atomic E-state index is 0.309. The smallest absolute Gasteiger partial charge is 0.0931 e. The van der Waals surface area contributed by atoms with Gasteiger partial charge in [-0.3, -0.25) is 4.68 Å². The summed E-state index contributed by atoms with van der Waals surface area (Å²) in [6, 6.07) is 4.39. The number of nitrogens with one attached hydrogen (secondary N) is 1. The van der Waals surface area contributed by atoms with Crippen molar-refractivity contribution in [2.75, 3.05) is 6.54 Å². The average Bonchev–Trinajstić information content (AvgIpc) is 2.94. The van der Waals surface area contributed by atoms with Crippen molar-refractivity contribution in [3.05, 3.63) is 38.8 Å². The normalized spacial score (nSPS) is 12.8. The van der Waals surface area contributed by atoms with Gasteiger partial charge < -0.3 is 5.32 Å². The highest BCUT2D eigenvalue weighted by atomic mass is 35.5. The summed E-state index contributed by atoms with van der Waals surface area (Å²) in [6.07, 6.45) is 4.05. The lowest BCUT2D eigenvalue weighted by molar-refractivity contribution is 0.549. The Bertz CT molecular complexity index is 533. The van der Waals surface area contributed by atoms with Gasteiger partial charge in [0, 0.05) is 36.1 Å². The van der Waals surface area contributed by atoms with Crippen LogP contribution in [0.25, 0.3) is 0 Å². The van der Waals surface area contributed by atoms with Crippen LogP contribution in [-0.2, 0) is 19.9 Å². The summed E-state index contributed by atoms with van der Waals surface area (Å²) in [6.45, 7) is 5.23. The molecule has 2 aromatic heterocycles. The number of rotatable bonds is 6. The van der Waals surface area contributed by atoms with Crippen LogP contribution in [0.5, 0.6) is 0 Å². The Morgan fingerprint density at radius 2 is 2.21 bits per heavy atom. The van der Waals surface area contributed by atoms with E-state index in [0.717, 1.165) is 23.7 Å². The van der Waals surface area contributed by atoms with Crippen molar-refractivity contribution in [3.8, 4) is 0 Å². The van der Waals surface area contributed by atoms with Crippen LogP contribution in [0.1, 0.15) is 36.0 Å². The molecule has 0 radical (unpaired) electrons. The van der Waals surface area contributed by atoms with E-state index >= 15 is 0 Å². The maximum Gasteiger partial charge on any atom is 0.0931 e. The molecule has 19 heavy (non-hydrogen) atoms. The maximum atomic E-state index is 6.01. The summed E-state index contributed by atoms with van der Waals surface area (Å²) < 4.78 is 2.76. The van der Waals surface area contributed by atoms with Gasteiger partial charge in [0.2, 0.25) is 0 Å². The maximum absolute atomic E-state index is 6.01. The summed E-state index contributed by atoms with van der Waals surface area (Å²) >= 11 is 7.67. The third kappa shape index (κ3) is 3.59. The van der Waals surface area contributed by atoms with Gasteiger partial charge in [-0.25, -0.2) is 0 Å². The molecule has 2 heterocycles. The van der Waals surface area contributed by atoms with E-state index in [0.29, 0.717) is 6.04 Å². The van der Waals surface area contributed by atoms with Crippen LogP contribution in [-0.4, -0.2) is 16.3 Å². The fourth-order valence-corrected chi connectivity index (χ4v) is 3.45. The highest BCUT2D eigenvalue weighted by Gasteiger charge is 2.18. The van der Waals surface area contributed by atoms with Crippen molar-refractivity contribution < 1.29 is 0 Å². The molecule has 5 heteroatoms. The Morgan fingerprint density at radius 1 is 1.42 bits per heavy atom. The molecule has 1 unspecified atom stereocenters. The molecule has 0 bridgehead atoms. The van der Waals surface area contributed by atoms with Gasteiger partial charge >= 0.3 is 0 Å². The highest BCUT2D eigenvalue weighted by Crippen LogP contribution is 2.27. The lowest BCUT2D eigenvalue weighted by Gasteiger charge is -2.17. The Morgan fingerprint density at radius 3 is 2.79 bits per heavy atom. The fraction of sp³-hybridized carbons (Fsp3) is 0.500. The molecule has 0 saturated carbocycles. The Balaban J connectivity index is 2.23. The molecule has 0 fully saturated rings. The highest BCUT2D eigenvalue weighted by molar-refractivity contribution is 7.16. The SMILES string of the molecule is CCNC(Cc1ccc(Cl)s1)c1cn(C)nc1CC. The van der Waals surface area contributed by atoms with Gasteiger partial charge in [-0.1, -0.05) is 25.4 Å². The molecule has 0 aromatic carbocycles. The van der Waals surface area contributed by atoms with E-state index in [2.05, 4.69) is 36.5 Å². The zero-order valence-electron chi connectivity index (χ0n) is 11.6. The monoisotopic (exact) mass is 297 g/mol. The zero-order chi connectivity index (χ0) is 13.8. The summed E-state index contributed by atoms with van der Waals surface area (Å²) in [5, 5.41) is 8.09. The minimum Gasteiger partial charge on any atom is -0.310 e. The fourth-order valence-electron chi connectivity index (χ4n) is 2.32. The molecule has 0 aliphatic carbocycles. The third-order valence-corrected chi connectivity index (χ3v) is 4.39. The van der Waals surface area contributed by atoms with Crippen molar-refractivity contribution in [2.45, 2.75) is 32.7 Å². The van der Waals surface area contributed by atoms with Crippen molar-refractivity contribution in [3.63, 3.8) is 0 Å². The molecule has 0 saturated heterocycles.